The first-order valence-corrected chi connectivity index (χ1v) is 12.1. The van der Waals surface area contributed by atoms with Gasteiger partial charge in [-0.3, -0.25) is 4.90 Å². The van der Waals surface area contributed by atoms with Crippen molar-refractivity contribution in [1.82, 2.24) is 9.80 Å². The standard InChI is InChI=1S/C23H28ClF6N3O2/c24-17-5-4-16(14-18(17)31-9-1-2-10-31)15-33-11-3-6-21(33)7-12-32(13-8-21)20(34)35-19(22(25,26)27)23(28,29)30/h4-5,14,19H,1-3,6-13,15H2. The van der Waals surface area contributed by atoms with Gasteiger partial charge < -0.3 is 14.5 Å². The molecule has 0 aromatic heterocycles. The van der Waals surface area contributed by atoms with E-state index in [4.69, 9.17) is 11.6 Å². The Morgan fingerprint density at radius 3 is 2.17 bits per heavy atom. The molecule has 1 aromatic rings. The van der Waals surface area contributed by atoms with Gasteiger partial charge >= 0.3 is 18.4 Å². The van der Waals surface area contributed by atoms with Crippen molar-refractivity contribution in [1.29, 1.82) is 0 Å². The molecule has 5 nitrogen and oxygen atoms in total. The summed E-state index contributed by atoms with van der Waals surface area (Å²) in [5.74, 6) is 0. The first-order valence-electron chi connectivity index (χ1n) is 11.8. The second-order valence-electron chi connectivity index (χ2n) is 9.56. The number of piperidine rings is 1. The smallest absolute Gasteiger partial charge is 0.426 e. The minimum Gasteiger partial charge on any atom is -0.426 e. The zero-order valence-corrected chi connectivity index (χ0v) is 19.9. The van der Waals surface area contributed by atoms with Gasteiger partial charge in [-0.15, -0.1) is 0 Å². The molecular formula is C23H28ClF6N3O2. The summed E-state index contributed by atoms with van der Waals surface area (Å²) in [4.78, 5) is 17.7. The molecule has 3 aliphatic rings. The van der Waals surface area contributed by atoms with Gasteiger partial charge in [0, 0.05) is 38.3 Å². The fourth-order valence-electron chi connectivity index (χ4n) is 5.48. The zero-order valence-electron chi connectivity index (χ0n) is 19.1. The van der Waals surface area contributed by atoms with E-state index in [-0.39, 0.29) is 18.6 Å². The number of carbonyl (C=O) groups is 1. The number of carbonyl (C=O) groups excluding carboxylic acids is 1. The fourth-order valence-corrected chi connectivity index (χ4v) is 5.72. The highest BCUT2D eigenvalue weighted by molar-refractivity contribution is 6.33. The highest BCUT2D eigenvalue weighted by atomic mass is 35.5. The molecule has 3 fully saturated rings. The SMILES string of the molecule is O=C(OC(C(F)(F)F)C(F)(F)F)N1CCC2(CCCN2Cc2ccc(Cl)c(N3CCCC3)c2)CC1. The predicted molar refractivity (Wildman–Crippen MR) is 118 cm³/mol. The number of halogens is 7. The number of hydrogen-bond donors (Lipinski definition) is 0. The molecule has 12 heteroatoms. The molecule has 3 heterocycles. The Hall–Kier alpha value is -1.88. The second-order valence-corrected chi connectivity index (χ2v) is 9.97. The van der Waals surface area contributed by atoms with E-state index < -0.39 is 24.5 Å². The van der Waals surface area contributed by atoms with Crippen molar-refractivity contribution in [3.63, 3.8) is 0 Å². The number of benzene rings is 1. The van der Waals surface area contributed by atoms with Crippen LogP contribution in [-0.2, 0) is 11.3 Å². The summed E-state index contributed by atoms with van der Waals surface area (Å²) in [7, 11) is 0. The fraction of sp³-hybridized carbons (Fsp3) is 0.696. The summed E-state index contributed by atoms with van der Waals surface area (Å²) in [6, 6.07) is 5.97. The van der Waals surface area contributed by atoms with Gasteiger partial charge in [-0.1, -0.05) is 17.7 Å². The lowest BCUT2D eigenvalue weighted by molar-refractivity contribution is -0.308. The highest BCUT2D eigenvalue weighted by Gasteiger charge is 2.60. The van der Waals surface area contributed by atoms with E-state index in [9.17, 15) is 31.1 Å². The van der Waals surface area contributed by atoms with Crippen LogP contribution in [0.3, 0.4) is 0 Å². The van der Waals surface area contributed by atoms with Gasteiger partial charge in [-0.2, -0.15) is 26.3 Å². The molecule has 3 aliphatic heterocycles. The van der Waals surface area contributed by atoms with Gasteiger partial charge in [0.15, 0.2) is 0 Å². The Bertz CT molecular complexity index is 897. The highest BCUT2D eigenvalue weighted by Crippen LogP contribution is 2.41. The van der Waals surface area contributed by atoms with E-state index in [0.717, 1.165) is 61.5 Å². The second kappa shape index (κ2) is 9.88. The van der Waals surface area contributed by atoms with E-state index in [1.165, 1.54) is 0 Å². The average molecular weight is 528 g/mol. The van der Waals surface area contributed by atoms with Crippen molar-refractivity contribution in [3.05, 3.63) is 28.8 Å². The average Bonchev–Trinajstić information content (AvgIpc) is 3.43. The molecule has 1 amide bonds. The largest absolute Gasteiger partial charge is 0.434 e. The van der Waals surface area contributed by atoms with Gasteiger partial charge in [-0.05, 0) is 62.8 Å². The Balaban J connectivity index is 1.39. The number of nitrogens with zero attached hydrogens (tertiary/aromatic N) is 3. The molecular weight excluding hydrogens is 500 g/mol. The van der Waals surface area contributed by atoms with E-state index in [0.29, 0.717) is 24.4 Å². The van der Waals surface area contributed by atoms with Gasteiger partial charge in [-0.25, -0.2) is 4.79 Å². The van der Waals surface area contributed by atoms with Crippen LogP contribution in [0.25, 0.3) is 0 Å². The van der Waals surface area contributed by atoms with Gasteiger partial charge in [0.2, 0.25) is 0 Å². The number of ether oxygens (including phenoxy) is 1. The Kier molecular flexibility index (Phi) is 7.39. The van der Waals surface area contributed by atoms with Gasteiger partial charge in [0.05, 0.1) is 10.7 Å². The molecule has 1 spiro atoms. The molecule has 0 unspecified atom stereocenters. The summed E-state index contributed by atoms with van der Waals surface area (Å²) < 4.78 is 80.4. The molecule has 0 aliphatic carbocycles. The summed E-state index contributed by atoms with van der Waals surface area (Å²) >= 11 is 6.43. The first kappa shape index (κ1) is 26.2. The molecule has 196 valence electrons. The maximum absolute atomic E-state index is 12.8. The van der Waals surface area contributed by atoms with Crippen molar-refractivity contribution < 1.29 is 35.9 Å². The number of anilines is 1. The molecule has 0 bridgehead atoms. The third kappa shape index (κ3) is 5.76. The van der Waals surface area contributed by atoms with Crippen LogP contribution in [0.2, 0.25) is 5.02 Å². The van der Waals surface area contributed by atoms with Gasteiger partial charge in [0.25, 0.3) is 6.10 Å². The van der Waals surface area contributed by atoms with Crippen LogP contribution >= 0.6 is 11.6 Å². The van der Waals surface area contributed by atoms with E-state index >= 15 is 0 Å². The minimum atomic E-state index is -5.72. The lowest BCUT2D eigenvalue weighted by Crippen LogP contribution is -2.54. The number of rotatable bonds is 4. The van der Waals surface area contributed by atoms with Crippen LogP contribution in [0.4, 0.5) is 36.8 Å². The minimum absolute atomic E-state index is 0.0391. The number of amides is 1. The Morgan fingerprint density at radius 1 is 0.943 bits per heavy atom. The molecule has 3 saturated heterocycles. The lowest BCUT2D eigenvalue weighted by Gasteiger charge is -2.45. The molecule has 1 aromatic carbocycles. The van der Waals surface area contributed by atoms with E-state index in [1.54, 1.807) is 0 Å². The molecule has 4 rings (SSSR count). The van der Waals surface area contributed by atoms with Crippen LogP contribution in [0.15, 0.2) is 18.2 Å². The monoisotopic (exact) mass is 527 g/mol. The van der Waals surface area contributed by atoms with Crippen LogP contribution < -0.4 is 4.90 Å². The normalized spacial score (nSPS) is 21.4. The number of hydrogen-bond acceptors (Lipinski definition) is 4. The summed E-state index contributed by atoms with van der Waals surface area (Å²) in [5.41, 5.74) is 1.85. The van der Waals surface area contributed by atoms with Gasteiger partial charge in [0.1, 0.15) is 0 Å². The van der Waals surface area contributed by atoms with Crippen molar-refractivity contribution in [2.24, 2.45) is 0 Å². The molecule has 0 radical (unpaired) electrons. The van der Waals surface area contributed by atoms with Crippen LogP contribution in [-0.4, -0.2) is 72.6 Å². The van der Waals surface area contributed by atoms with Crippen LogP contribution in [0.1, 0.15) is 44.1 Å². The van der Waals surface area contributed by atoms with Crippen LogP contribution in [0.5, 0.6) is 0 Å². The maximum atomic E-state index is 12.8. The summed E-state index contributed by atoms with van der Waals surface area (Å²) in [6.07, 6.45) is -12.2. The predicted octanol–water partition coefficient (Wildman–Crippen LogP) is 6.00. The van der Waals surface area contributed by atoms with Crippen molar-refractivity contribution in [2.45, 2.75) is 69.1 Å². The topological polar surface area (TPSA) is 36.0 Å². The van der Waals surface area contributed by atoms with Crippen molar-refractivity contribution >= 4 is 23.4 Å². The van der Waals surface area contributed by atoms with E-state index in [1.807, 2.05) is 12.1 Å². The lowest BCUT2D eigenvalue weighted by atomic mass is 9.85. The van der Waals surface area contributed by atoms with Crippen molar-refractivity contribution in [2.75, 3.05) is 37.6 Å². The van der Waals surface area contributed by atoms with E-state index in [2.05, 4.69) is 20.6 Å². The first-order chi connectivity index (χ1) is 16.4. The molecule has 0 N–H and O–H groups in total. The molecule has 0 saturated carbocycles. The Labute approximate surface area is 204 Å². The Morgan fingerprint density at radius 2 is 1.57 bits per heavy atom. The quantitative estimate of drug-likeness (QED) is 0.450. The zero-order chi connectivity index (χ0) is 25.4. The summed E-state index contributed by atoms with van der Waals surface area (Å²) in [6.45, 7) is 3.50. The summed E-state index contributed by atoms with van der Waals surface area (Å²) in [5, 5.41) is 0.703. The third-order valence-electron chi connectivity index (χ3n) is 7.34. The number of likely N-dealkylation sites (tertiary alicyclic amines) is 2. The molecule has 35 heavy (non-hydrogen) atoms. The number of alkyl halides is 6. The third-order valence-corrected chi connectivity index (χ3v) is 7.66. The maximum Gasteiger partial charge on any atom is 0.434 e. The molecule has 0 atom stereocenters. The van der Waals surface area contributed by atoms with Crippen LogP contribution in [0, 0.1) is 0 Å². The van der Waals surface area contributed by atoms with Crippen molar-refractivity contribution in [3.8, 4) is 0 Å².